The van der Waals surface area contributed by atoms with Crippen LogP contribution in [0.4, 0.5) is 4.79 Å². The number of hydrogen-bond donors (Lipinski definition) is 1. The van der Waals surface area contributed by atoms with Crippen molar-refractivity contribution in [3.63, 3.8) is 0 Å². The van der Waals surface area contributed by atoms with Crippen LogP contribution in [0.15, 0.2) is 0 Å². The summed E-state index contributed by atoms with van der Waals surface area (Å²) >= 11 is 0. The van der Waals surface area contributed by atoms with E-state index in [9.17, 15) is 4.79 Å². The molecule has 0 aromatic rings. The van der Waals surface area contributed by atoms with E-state index < -0.39 is 0 Å². The summed E-state index contributed by atoms with van der Waals surface area (Å²) in [5.41, 5.74) is 0. The molecule has 0 bridgehead atoms. The molecular formula is C10H18N2O2. The lowest BCUT2D eigenvalue weighted by Gasteiger charge is -2.35. The minimum Gasteiger partial charge on any atom is -0.446 e. The molecule has 2 rings (SSSR count). The van der Waals surface area contributed by atoms with Crippen LogP contribution in [0, 0.1) is 0 Å². The van der Waals surface area contributed by atoms with E-state index in [0.29, 0.717) is 0 Å². The second kappa shape index (κ2) is 4.17. The van der Waals surface area contributed by atoms with E-state index in [4.69, 9.17) is 4.74 Å². The number of carbonyl (C=O) groups is 1. The lowest BCUT2D eigenvalue weighted by atomic mass is 9.96. The Labute approximate surface area is 84.6 Å². The fraction of sp³-hybridized carbons (Fsp3) is 0.900. The van der Waals surface area contributed by atoms with Crippen LogP contribution in [0.25, 0.3) is 0 Å². The predicted octanol–water partition coefficient (Wildman–Crippen LogP) is 0.969. The summed E-state index contributed by atoms with van der Waals surface area (Å²) in [5, 5.41) is 3.25. The number of rotatable bonds is 1. The molecule has 0 aromatic heterocycles. The first-order valence-corrected chi connectivity index (χ1v) is 5.45. The number of amides is 1. The molecule has 0 radical (unpaired) electrons. The average Bonchev–Trinajstić information content (AvgIpc) is 2.12. The first-order valence-electron chi connectivity index (χ1n) is 5.45. The molecular weight excluding hydrogens is 180 g/mol. The number of piperazine rings is 1. The fourth-order valence-corrected chi connectivity index (χ4v) is 1.81. The van der Waals surface area contributed by atoms with Crippen molar-refractivity contribution in [3.8, 4) is 0 Å². The zero-order valence-corrected chi connectivity index (χ0v) is 8.66. The van der Waals surface area contributed by atoms with Gasteiger partial charge in [0.05, 0.1) is 0 Å². The minimum absolute atomic E-state index is 0.122. The van der Waals surface area contributed by atoms with Gasteiger partial charge in [-0.25, -0.2) is 4.79 Å². The smallest absolute Gasteiger partial charge is 0.410 e. The normalized spacial score (nSPS) is 28.4. The molecule has 1 N–H and O–H groups in total. The van der Waals surface area contributed by atoms with E-state index in [1.165, 1.54) is 6.42 Å². The summed E-state index contributed by atoms with van der Waals surface area (Å²) in [5.74, 6) is 0. The van der Waals surface area contributed by atoms with Crippen LogP contribution in [-0.4, -0.2) is 42.8 Å². The van der Waals surface area contributed by atoms with Gasteiger partial charge in [-0.15, -0.1) is 0 Å². The topological polar surface area (TPSA) is 41.6 Å². The Hall–Kier alpha value is -0.770. The van der Waals surface area contributed by atoms with E-state index >= 15 is 0 Å². The fourth-order valence-electron chi connectivity index (χ4n) is 1.81. The van der Waals surface area contributed by atoms with Crippen molar-refractivity contribution in [2.75, 3.05) is 19.6 Å². The molecule has 2 fully saturated rings. The highest BCUT2D eigenvalue weighted by atomic mass is 16.6. The van der Waals surface area contributed by atoms with Crippen molar-refractivity contribution in [2.24, 2.45) is 0 Å². The average molecular weight is 198 g/mol. The van der Waals surface area contributed by atoms with Crippen LogP contribution in [0.5, 0.6) is 0 Å². The molecule has 14 heavy (non-hydrogen) atoms. The van der Waals surface area contributed by atoms with E-state index in [1.54, 1.807) is 0 Å². The molecule has 1 saturated heterocycles. The summed E-state index contributed by atoms with van der Waals surface area (Å²) in [7, 11) is 0. The molecule has 1 atom stereocenters. The Balaban J connectivity index is 1.82. The number of ether oxygens (including phenoxy) is 1. The Morgan fingerprint density at radius 2 is 2.29 bits per heavy atom. The van der Waals surface area contributed by atoms with Gasteiger partial charge in [0.25, 0.3) is 0 Å². The first-order chi connectivity index (χ1) is 6.77. The predicted molar refractivity (Wildman–Crippen MR) is 53.2 cm³/mol. The number of hydrogen-bond acceptors (Lipinski definition) is 3. The van der Waals surface area contributed by atoms with Crippen LogP contribution in [-0.2, 0) is 4.74 Å². The van der Waals surface area contributed by atoms with Crippen LogP contribution < -0.4 is 5.32 Å². The SMILES string of the molecule is CC1CNCCN1C(=O)OC1CCC1. The zero-order valence-electron chi connectivity index (χ0n) is 8.66. The lowest BCUT2D eigenvalue weighted by Crippen LogP contribution is -2.53. The number of nitrogens with one attached hydrogen (secondary N) is 1. The molecule has 1 amide bonds. The van der Waals surface area contributed by atoms with Crippen LogP contribution in [0.2, 0.25) is 0 Å². The third-order valence-electron chi connectivity index (χ3n) is 3.06. The van der Waals surface area contributed by atoms with E-state index in [-0.39, 0.29) is 18.2 Å². The summed E-state index contributed by atoms with van der Waals surface area (Å²) in [6.07, 6.45) is 3.38. The summed E-state index contributed by atoms with van der Waals surface area (Å²) in [4.78, 5) is 13.5. The molecule has 1 unspecified atom stereocenters. The zero-order chi connectivity index (χ0) is 9.97. The number of carbonyl (C=O) groups excluding carboxylic acids is 1. The van der Waals surface area contributed by atoms with Crippen molar-refractivity contribution >= 4 is 6.09 Å². The van der Waals surface area contributed by atoms with E-state index in [2.05, 4.69) is 5.32 Å². The summed E-state index contributed by atoms with van der Waals surface area (Å²) in [6, 6.07) is 0.260. The van der Waals surface area contributed by atoms with Crippen LogP contribution in [0.1, 0.15) is 26.2 Å². The van der Waals surface area contributed by atoms with Gasteiger partial charge in [0, 0.05) is 25.7 Å². The van der Waals surface area contributed by atoms with Crippen molar-refractivity contribution in [1.82, 2.24) is 10.2 Å². The maximum Gasteiger partial charge on any atom is 0.410 e. The first kappa shape index (κ1) is 9.77. The Morgan fingerprint density at radius 1 is 1.50 bits per heavy atom. The van der Waals surface area contributed by atoms with Gasteiger partial charge >= 0.3 is 6.09 Å². The largest absolute Gasteiger partial charge is 0.446 e. The molecule has 1 saturated carbocycles. The molecule has 1 aliphatic carbocycles. The molecule has 4 heteroatoms. The quantitative estimate of drug-likeness (QED) is 0.682. The van der Waals surface area contributed by atoms with Crippen LogP contribution in [0.3, 0.4) is 0 Å². The van der Waals surface area contributed by atoms with Gasteiger partial charge in [-0.3, -0.25) is 0 Å². The molecule has 2 aliphatic rings. The molecule has 80 valence electrons. The van der Waals surface area contributed by atoms with Crippen molar-refractivity contribution in [3.05, 3.63) is 0 Å². The van der Waals surface area contributed by atoms with Gasteiger partial charge in [0.1, 0.15) is 6.10 Å². The van der Waals surface area contributed by atoms with Crippen molar-refractivity contribution < 1.29 is 9.53 Å². The van der Waals surface area contributed by atoms with Gasteiger partial charge in [-0.1, -0.05) is 0 Å². The maximum atomic E-state index is 11.7. The Bertz CT molecular complexity index is 216. The highest BCUT2D eigenvalue weighted by Crippen LogP contribution is 2.23. The molecule has 1 aliphatic heterocycles. The number of nitrogens with zero attached hydrogens (tertiary/aromatic N) is 1. The lowest BCUT2D eigenvalue weighted by molar-refractivity contribution is 0.0165. The second-order valence-corrected chi connectivity index (χ2v) is 4.18. The van der Waals surface area contributed by atoms with E-state index in [0.717, 1.165) is 32.5 Å². The summed E-state index contributed by atoms with van der Waals surface area (Å²) < 4.78 is 5.36. The van der Waals surface area contributed by atoms with Gasteiger partial charge < -0.3 is 15.0 Å². The van der Waals surface area contributed by atoms with Gasteiger partial charge in [-0.05, 0) is 26.2 Å². The Morgan fingerprint density at radius 3 is 2.86 bits per heavy atom. The minimum atomic E-state index is -0.122. The summed E-state index contributed by atoms with van der Waals surface area (Å²) in [6.45, 7) is 4.57. The van der Waals surface area contributed by atoms with Crippen molar-refractivity contribution in [1.29, 1.82) is 0 Å². The maximum absolute atomic E-state index is 11.7. The van der Waals surface area contributed by atoms with Gasteiger partial charge in [-0.2, -0.15) is 0 Å². The molecule has 0 aromatic carbocycles. The third-order valence-corrected chi connectivity index (χ3v) is 3.06. The molecule has 0 spiro atoms. The standard InChI is InChI=1S/C10H18N2O2/c1-8-7-11-5-6-12(8)10(13)14-9-3-2-4-9/h8-9,11H,2-7H2,1H3. The van der Waals surface area contributed by atoms with Gasteiger partial charge in [0.15, 0.2) is 0 Å². The molecule has 4 nitrogen and oxygen atoms in total. The molecule has 1 heterocycles. The third kappa shape index (κ3) is 2.00. The van der Waals surface area contributed by atoms with E-state index in [1.807, 2.05) is 11.8 Å². The van der Waals surface area contributed by atoms with Crippen LogP contribution >= 0.6 is 0 Å². The highest BCUT2D eigenvalue weighted by molar-refractivity contribution is 5.68. The van der Waals surface area contributed by atoms with Gasteiger partial charge in [0.2, 0.25) is 0 Å². The highest BCUT2D eigenvalue weighted by Gasteiger charge is 2.28. The Kier molecular flexibility index (Phi) is 2.91. The van der Waals surface area contributed by atoms with Crippen molar-refractivity contribution in [2.45, 2.75) is 38.3 Å². The second-order valence-electron chi connectivity index (χ2n) is 4.18. The monoisotopic (exact) mass is 198 g/mol.